The Bertz CT molecular complexity index is 454. The Morgan fingerprint density at radius 2 is 1.92 bits per heavy atom. The van der Waals surface area contributed by atoms with Crippen LogP contribution in [-0.4, -0.2) is 86.7 Å². The van der Waals surface area contributed by atoms with Gasteiger partial charge in [0, 0.05) is 45.4 Å². The Morgan fingerprint density at radius 3 is 2.56 bits per heavy atom. The molecular formula is C18H33N5O2. The highest BCUT2D eigenvalue weighted by Crippen LogP contribution is 2.28. The summed E-state index contributed by atoms with van der Waals surface area (Å²) in [5.74, 6) is 1.95. The third-order valence-corrected chi connectivity index (χ3v) is 4.86. The van der Waals surface area contributed by atoms with E-state index < -0.39 is 0 Å². The summed E-state index contributed by atoms with van der Waals surface area (Å²) in [6, 6.07) is 0.448. The van der Waals surface area contributed by atoms with Gasteiger partial charge in [0.25, 0.3) is 0 Å². The number of nitrogens with one attached hydrogen (secondary N) is 2. The largest absolute Gasteiger partial charge is 0.379 e. The molecule has 2 N–H and O–H groups in total. The van der Waals surface area contributed by atoms with Gasteiger partial charge in [0.1, 0.15) is 0 Å². The van der Waals surface area contributed by atoms with Crippen molar-refractivity contribution in [3.05, 3.63) is 0 Å². The van der Waals surface area contributed by atoms with Crippen molar-refractivity contribution in [1.82, 2.24) is 20.4 Å². The highest BCUT2D eigenvalue weighted by Gasteiger charge is 2.26. The molecule has 25 heavy (non-hydrogen) atoms. The zero-order chi connectivity index (χ0) is 17.5. The molecule has 0 aromatic carbocycles. The van der Waals surface area contributed by atoms with E-state index in [1.54, 1.807) is 0 Å². The number of piperazine rings is 1. The predicted octanol–water partition coefficient (Wildman–Crippen LogP) is 0.275. The van der Waals surface area contributed by atoms with Gasteiger partial charge < -0.3 is 20.3 Å². The Hall–Kier alpha value is -1.34. The first-order chi connectivity index (χ1) is 12.2. The smallest absolute Gasteiger partial charge is 0.234 e. The summed E-state index contributed by atoms with van der Waals surface area (Å²) in [4.78, 5) is 21.1. The van der Waals surface area contributed by atoms with E-state index in [4.69, 9.17) is 9.73 Å². The summed E-state index contributed by atoms with van der Waals surface area (Å²) >= 11 is 0. The van der Waals surface area contributed by atoms with E-state index in [2.05, 4.69) is 27.4 Å². The maximum absolute atomic E-state index is 11.9. The fraction of sp³-hybridized carbons (Fsp3) is 0.889. The van der Waals surface area contributed by atoms with Crippen LogP contribution in [0.25, 0.3) is 0 Å². The quantitative estimate of drug-likeness (QED) is 0.355. The lowest BCUT2D eigenvalue weighted by Crippen LogP contribution is -2.54. The summed E-state index contributed by atoms with van der Waals surface area (Å²) in [5, 5.41) is 6.44. The number of amides is 1. The Morgan fingerprint density at radius 1 is 1.16 bits per heavy atom. The summed E-state index contributed by atoms with van der Waals surface area (Å²) < 4.78 is 5.66. The molecule has 2 saturated carbocycles. The number of hydrogen-bond donors (Lipinski definition) is 2. The Kier molecular flexibility index (Phi) is 6.93. The van der Waals surface area contributed by atoms with Gasteiger partial charge in [-0.1, -0.05) is 0 Å². The van der Waals surface area contributed by atoms with Crippen LogP contribution < -0.4 is 10.6 Å². The van der Waals surface area contributed by atoms with Crippen LogP contribution in [-0.2, 0) is 9.53 Å². The normalized spacial score (nSPS) is 22.1. The van der Waals surface area contributed by atoms with Crippen molar-refractivity contribution in [3.63, 3.8) is 0 Å². The topological polar surface area (TPSA) is 69.2 Å². The molecule has 7 heteroatoms. The Labute approximate surface area is 151 Å². The molecule has 0 atom stereocenters. The molecule has 0 bridgehead atoms. The van der Waals surface area contributed by atoms with Crippen LogP contribution in [0.15, 0.2) is 4.99 Å². The van der Waals surface area contributed by atoms with Gasteiger partial charge in [0.2, 0.25) is 5.91 Å². The molecular weight excluding hydrogens is 318 g/mol. The molecule has 142 valence electrons. The van der Waals surface area contributed by atoms with Gasteiger partial charge in [-0.25, -0.2) is 0 Å². The highest BCUT2D eigenvalue weighted by atomic mass is 16.5. The second kappa shape index (κ2) is 9.38. The first kappa shape index (κ1) is 18.5. The van der Waals surface area contributed by atoms with Crippen molar-refractivity contribution >= 4 is 11.9 Å². The lowest BCUT2D eigenvalue weighted by molar-refractivity contribution is -0.122. The third-order valence-electron chi connectivity index (χ3n) is 4.86. The summed E-state index contributed by atoms with van der Waals surface area (Å²) in [6.45, 7) is 9.41. The van der Waals surface area contributed by atoms with Crippen molar-refractivity contribution in [2.45, 2.75) is 38.6 Å². The number of carbonyl (C=O) groups is 1. The van der Waals surface area contributed by atoms with Gasteiger partial charge in [-0.3, -0.25) is 14.7 Å². The molecule has 3 rings (SSSR count). The molecule has 1 heterocycles. The number of ether oxygens (including phenoxy) is 1. The first-order valence-corrected chi connectivity index (χ1v) is 9.87. The number of aliphatic imine (C=N–C) groups is 1. The molecule has 0 radical (unpaired) electrons. The molecule has 1 amide bonds. The molecule has 1 aliphatic heterocycles. The van der Waals surface area contributed by atoms with Crippen LogP contribution >= 0.6 is 0 Å². The number of carbonyl (C=O) groups excluding carboxylic acids is 1. The zero-order valence-electron chi connectivity index (χ0n) is 15.5. The van der Waals surface area contributed by atoms with Crippen LogP contribution in [0.1, 0.15) is 32.6 Å². The molecule has 0 aromatic heterocycles. The SMILES string of the molecule is CCNC(=NCCOCC1CC1)N1CCN(CC(=O)NC2CC2)CC1. The molecule has 3 aliphatic rings. The first-order valence-electron chi connectivity index (χ1n) is 9.87. The molecule has 0 unspecified atom stereocenters. The average Bonchev–Trinajstić information content (AvgIpc) is 3.50. The molecule has 7 nitrogen and oxygen atoms in total. The lowest BCUT2D eigenvalue weighted by atomic mass is 10.3. The van der Waals surface area contributed by atoms with E-state index in [1.165, 1.54) is 12.8 Å². The monoisotopic (exact) mass is 351 g/mol. The number of nitrogens with zero attached hydrogens (tertiary/aromatic N) is 3. The van der Waals surface area contributed by atoms with Crippen molar-refractivity contribution < 1.29 is 9.53 Å². The van der Waals surface area contributed by atoms with Gasteiger partial charge >= 0.3 is 0 Å². The van der Waals surface area contributed by atoms with Crippen LogP contribution in [0, 0.1) is 5.92 Å². The second-order valence-electron chi connectivity index (χ2n) is 7.36. The predicted molar refractivity (Wildman–Crippen MR) is 98.7 cm³/mol. The minimum absolute atomic E-state index is 0.171. The van der Waals surface area contributed by atoms with E-state index in [9.17, 15) is 4.79 Å². The van der Waals surface area contributed by atoms with E-state index in [-0.39, 0.29) is 5.91 Å². The zero-order valence-corrected chi connectivity index (χ0v) is 15.5. The lowest BCUT2D eigenvalue weighted by Gasteiger charge is -2.36. The van der Waals surface area contributed by atoms with Gasteiger partial charge in [-0.05, 0) is 38.5 Å². The maximum atomic E-state index is 11.9. The van der Waals surface area contributed by atoms with Gasteiger partial charge in [-0.2, -0.15) is 0 Å². The summed E-state index contributed by atoms with van der Waals surface area (Å²) in [6.07, 6.45) is 4.95. The fourth-order valence-electron chi connectivity index (χ4n) is 3.00. The molecule has 2 aliphatic carbocycles. The van der Waals surface area contributed by atoms with Gasteiger partial charge in [0.05, 0.1) is 19.7 Å². The van der Waals surface area contributed by atoms with Crippen molar-refractivity contribution in [2.75, 3.05) is 59.0 Å². The van der Waals surface area contributed by atoms with Gasteiger partial charge in [-0.15, -0.1) is 0 Å². The van der Waals surface area contributed by atoms with E-state index in [1.807, 2.05) is 0 Å². The van der Waals surface area contributed by atoms with Crippen LogP contribution in [0.4, 0.5) is 0 Å². The fourth-order valence-corrected chi connectivity index (χ4v) is 3.00. The number of guanidine groups is 1. The molecule has 0 aromatic rings. The van der Waals surface area contributed by atoms with Gasteiger partial charge in [0.15, 0.2) is 5.96 Å². The van der Waals surface area contributed by atoms with E-state index >= 15 is 0 Å². The molecule has 0 spiro atoms. The number of rotatable bonds is 9. The van der Waals surface area contributed by atoms with Crippen LogP contribution in [0.3, 0.4) is 0 Å². The minimum Gasteiger partial charge on any atom is -0.379 e. The van der Waals surface area contributed by atoms with Crippen LogP contribution in [0.5, 0.6) is 0 Å². The highest BCUT2D eigenvalue weighted by molar-refractivity contribution is 5.80. The molecule has 1 saturated heterocycles. The summed E-state index contributed by atoms with van der Waals surface area (Å²) in [5.41, 5.74) is 0. The van der Waals surface area contributed by atoms with Crippen molar-refractivity contribution in [2.24, 2.45) is 10.9 Å². The third kappa shape index (κ3) is 6.82. The number of hydrogen-bond acceptors (Lipinski definition) is 4. The van der Waals surface area contributed by atoms with E-state index in [0.717, 1.165) is 64.0 Å². The molecule has 3 fully saturated rings. The Balaban J connectivity index is 1.35. The van der Waals surface area contributed by atoms with Crippen molar-refractivity contribution in [1.29, 1.82) is 0 Å². The average molecular weight is 351 g/mol. The van der Waals surface area contributed by atoms with Crippen molar-refractivity contribution in [3.8, 4) is 0 Å². The second-order valence-corrected chi connectivity index (χ2v) is 7.36. The maximum Gasteiger partial charge on any atom is 0.234 e. The minimum atomic E-state index is 0.171. The standard InChI is InChI=1S/C18H33N5O2/c1-2-19-18(20-7-12-25-14-15-3-4-15)23-10-8-22(9-11-23)13-17(24)21-16-5-6-16/h15-16H,2-14H2,1H3,(H,19,20)(H,21,24). The van der Waals surface area contributed by atoms with E-state index in [0.29, 0.717) is 25.7 Å². The summed E-state index contributed by atoms with van der Waals surface area (Å²) in [7, 11) is 0. The van der Waals surface area contributed by atoms with Crippen LogP contribution in [0.2, 0.25) is 0 Å².